The van der Waals surface area contributed by atoms with Gasteiger partial charge in [-0.05, 0) is 6.08 Å². The number of nitrogens with zero attached hydrogens (tertiary/aromatic N) is 4. The summed E-state index contributed by atoms with van der Waals surface area (Å²) in [6.07, 6.45) is 0.443. The van der Waals surface area contributed by atoms with E-state index in [-0.39, 0.29) is 58.4 Å². The average Bonchev–Trinajstić information content (AvgIpc) is 3.16. The normalized spacial score (nSPS) is 23.9. The van der Waals surface area contributed by atoms with Gasteiger partial charge in [-0.1, -0.05) is 5.16 Å². The SMILES string of the molecule is Nc1nc(/C(=N/O)C(=O)NC2CCN2C(=O)OCC2C(=O)N3C(C(=O)[O-])=CCSC23)cs1.[Na+]. The van der Waals surface area contributed by atoms with Crippen molar-refractivity contribution in [1.82, 2.24) is 20.1 Å². The minimum Gasteiger partial charge on any atom is -0.543 e. The van der Waals surface area contributed by atoms with Gasteiger partial charge in [0.25, 0.3) is 5.91 Å². The van der Waals surface area contributed by atoms with E-state index in [9.17, 15) is 24.3 Å². The molecule has 1 aromatic heterocycles. The number of nitrogens with one attached hydrogen (secondary N) is 1. The summed E-state index contributed by atoms with van der Waals surface area (Å²) in [6, 6.07) is 0. The van der Waals surface area contributed by atoms with Crippen LogP contribution in [0.1, 0.15) is 12.1 Å². The number of aromatic nitrogens is 1. The standard InChI is InChI=1S/C17H18N6O7S2.Na/c18-16-19-8(6-32-16)11(21-29)12(24)20-10-1-3-22(10)17(28)30-5-7-13(25)23-9(15(26)27)2-4-31-14(7)23;/h2,6-7,10,14,29H,1,3-5H2,(H2,18,19)(H,20,24)(H,26,27);/q;+1/p-1/b21-11-;. The van der Waals surface area contributed by atoms with Crippen molar-refractivity contribution in [3.63, 3.8) is 0 Å². The van der Waals surface area contributed by atoms with Gasteiger partial charge < -0.3 is 30.9 Å². The molecule has 170 valence electrons. The number of oxime groups is 1. The van der Waals surface area contributed by atoms with Gasteiger partial charge in [0.2, 0.25) is 5.91 Å². The summed E-state index contributed by atoms with van der Waals surface area (Å²) in [5, 5.41) is 27.0. The Hall–Kier alpha value is -2.33. The molecule has 3 aliphatic heterocycles. The second-order valence-electron chi connectivity index (χ2n) is 6.98. The molecule has 0 bridgehead atoms. The van der Waals surface area contributed by atoms with Crippen molar-refractivity contribution < 1.29 is 63.8 Å². The zero-order valence-electron chi connectivity index (χ0n) is 17.3. The number of likely N-dealkylation sites (tertiary alicyclic amines) is 1. The number of thioether (sulfide) groups is 1. The van der Waals surface area contributed by atoms with E-state index in [1.54, 1.807) is 0 Å². The van der Waals surface area contributed by atoms with Crippen LogP contribution in [0.25, 0.3) is 0 Å². The molecule has 1 aromatic rings. The third-order valence-electron chi connectivity index (χ3n) is 5.18. The molecule has 4 rings (SSSR count). The predicted octanol–water partition coefficient (Wildman–Crippen LogP) is -4.64. The van der Waals surface area contributed by atoms with Crippen molar-refractivity contribution in [2.45, 2.75) is 18.0 Å². The van der Waals surface area contributed by atoms with Crippen LogP contribution < -0.4 is 45.7 Å². The van der Waals surface area contributed by atoms with Crippen LogP contribution in [0.5, 0.6) is 0 Å². The van der Waals surface area contributed by atoms with E-state index in [4.69, 9.17) is 15.7 Å². The van der Waals surface area contributed by atoms with Crippen LogP contribution in [0, 0.1) is 5.92 Å². The quantitative estimate of drug-likeness (QED) is 0.112. The summed E-state index contributed by atoms with van der Waals surface area (Å²) < 4.78 is 5.24. The van der Waals surface area contributed by atoms with Crippen molar-refractivity contribution in [3.05, 3.63) is 22.8 Å². The number of carbonyl (C=O) groups excluding carboxylic acids is 4. The number of fused-ring (bicyclic) bond motifs is 1. The van der Waals surface area contributed by atoms with E-state index in [1.165, 1.54) is 28.1 Å². The third-order valence-corrected chi connectivity index (χ3v) is 7.10. The molecule has 0 spiro atoms. The number of carboxylic acids is 1. The number of thiazole rings is 1. The summed E-state index contributed by atoms with van der Waals surface area (Å²) in [5.74, 6) is -2.88. The summed E-state index contributed by atoms with van der Waals surface area (Å²) in [4.78, 5) is 54.5. The van der Waals surface area contributed by atoms with Crippen LogP contribution in [-0.4, -0.2) is 80.0 Å². The van der Waals surface area contributed by atoms with Gasteiger partial charge in [0.05, 0.1) is 17.0 Å². The second-order valence-corrected chi connectivity index (χ2v) is 9.02. The maximum atomic E-state index is 12.4. The summed E-state index contributed by atoms with van der Waals surface area (Å²) >= 11 is 2.44. The van der Waals surface area contributed by atoms with Crippen molar-refractivity contribution in [2.24, 2.45) is 11.1 Å². The van der Waals surface area contributed by atoms with Gasteiger partial charge in [-0.25, -0.2) is 9.78 Å². The Morgan fingerprint density at radius 2 is 2.18 bits per heavy atom. The number of amides is 3. The van der Waals surface area contributed by atoms with E-state index < -0.39 is 41.3 Å². The Morgan fingerprint density at radius 1 is 1.42 bits per heavy atom. The molecule has 0 aliphatic carbocycles. The van der Waals surface area contributed by atoms with Gasteiger partial charge in [0.15, 0.2) is 10.8 Å². The minimum absolute atomic E-state index is 0. The molecule has 33 heavy (non-hydrogen) atoms. The summed E-state index contributed by atoms with van der Waals surface area (Å²) in [6.45, 7) is 0.101. The molecule has 4 heterocycles. The number of rotatable bonds is 6. The number of carboxylic acid groups (broad SMARTS) is 1. The molecule has 0 aromatic carbocycles. The number of β-lactam (4-membered cyclic amide) rings is 1. The van der Waals surface area contributed by atoms with Gasteiger partial charge in [0.1, 0.15) is 24.4 Å². The molecular formula is C17H17N6NaO7S2. The van der Waals surface area contributed by atoms with Crippen molar-refractivity contribution >= 4 is 57.8 Å². The molecule has 3 unspecified atom stereocenters. The Morgan fingerprint density at radius 3 is 2.76 bits per heavy atom. The van der Waals surface area contributed by atoms with Crippen LogP contribution in [0.2, 0.25) is 0 Å². The first-order chi connectivity index (χ1) is 15.3. The van der Waals surface area contributed by atoms with Crippen LogP contribution in [0.15, 0.2) is 22.3 Å². The van der Waals surface area contributed by atoms with E-state index in [2.05, 4.69) is 15.5 Å². The smallest absolute Gasteiger partial charge is 0.543 e. The minimum atomic E-state index is -1.43. The molecular weight excluding hydrogens is 487 g/mol. The van der Waals surface area contributed by atoms with Crippen molar-refractivity contribution in [3.8, 4) is 0 Å². The molecule has 2 fully saturated rings. The summed E-state index contributed by atoms with van der Waals surface area (Å²) in [5.41, 5.74) is 5.11. The van der Waals surface area contributed by atoms with E-state index in [0.717, 1.165) is 16.2 Å². The molecule has 3 amide bonds. The van der Waals surface area contributed by atoms with Crippen LogP contribution >= 0.6 is 23.1 Å². The van der Waals surface area contributed by atoms with Crippen molar-refractivity contribution in [1.29, 1.82) is 0 Å². The maximum absolute atomic E-state index is 12.4. The van der Waals surface area contributed by atoms with Gasteiger partial charge in [-0.15, -0.1) is 23.1 Å². The van der Waals surface area contributed by atoms with Crippen molar-refractivity contribution in [2.75, 3.05) is 24.6 Å². The number of hydrogen-bond acceptors (Lipinski definition) is 12. The maximum Gasteiger partial charge on any atom is 1.00 e. The fourth-order valence-corrected chi connectivity index (χ4v) is 5.25. The molecule has 16 heteroatoms. The fourth-order valence-electron chi connectivity index (χ4n) is 3.46. The third kappa shape index (κ3) is 4.82. The van der Waals surface area contributed by atoms with Crippen LogP contribution in [0.4, 0.5) is 9.93 Å². The van der Waals surface area contributed by atoms with Gasteiger partial charge in [-0.3, -0.25) is 19.4 Å². The van der Waals surface area contributed by atoms with E-state index >= 15 is 0 Å². The molecule has 2 saturated heterocycles. The molecule has 4 N–H and O–H groups in total. The number of anilines is 1. The number of carbonyl (C=O) groups is 4. The number of hydrogen-bond donors (Lipinski definition) is 3. The monoisotopic (exact) mass is 504 g/mol. The molecule has 0 saturated carbocycles. The number of ether oxygens (including phenoxy) is 1. The molecule has 13 nitrogen and oxygen atoms in total. The van der Waals surface area contributed by atoms with Crippen LogP contribution in [-0.2, 0) is 19.1 Å². The second kappa shape index (κ2) is 10.3. The number of aliphatic carboxylic acids is 1. The molecule has 3 aliphatic rings. The first-order valence-electron chi connectivity index (χ1n) is 9.35. The Balaban J connectivity index is 0.00000306. The zero-order valence-corrected chi connectivity index (χ0v) is 20.9. The van der Waals surface area contributed by atoms with Gasteiger partial charge in [0, 0.05) is 24.1 Å². The van der Waals surface area contributed by atoms with E-state index in [0.29, 0.717) is 18.7 Å². The predicted molar refractivity (Wildman–Crippen MR) is 109 cm³/mol. The zero-order chi connectivity index (χ0) is 23.0. The summed E-state index contributed by atoms with van der Waals surface area (Å²) in [7, 11) is 0. The Bertz CT molecular complexity index is 1050. The largest absolute Gasteiger partial charge is 1.00 e. The molecule has 3 atom stereocenters. The average molecular weight is 504 g/mol. The van der Waals surface area contributed by atoms with Gasteiger partial charge >= 0.3 is 35.7 Å². The van der Waals surface area contributed by atoms with E-state index in [1.807, 2.05) is 0 Å². The molecule has 0 radical (unpaired) electrons. The fraction of sp³-hybridized carbons (Fsp3) is 0.412. The topological polar surface area (TPSA) is 191 Å². The van der Waals surface area contributed by atoms with Gasteiger partial charge in [-0.2, -0.15) is 0 Å². The Labute approximate surface area is 217 Å². The van der Waals surface area contributed by atoms with Crippen LogP contribution in [0.3, 0.4) is 0 Å². The number of nitrogens with two attached hydrogens (primary N) is 1. The Kier molecular flexibility index (Phi) is 7.89. The number of nitrogen functional groups attached to an aromatic ring is 1. The first-order valence-corrected chi connectivity index (χ1v) is 11.3. The first kappa shape index (κ1) is 25.3.